The molecule has 0 unspecified atom stereocenters. The summed E-state index contributed by atoms with van der Waals surface area (Å²) in [6.07, 6.45) is -4.24. The number of benzene rings is 2. The number of anilines is 1. The van der Waals surface area contributed by atoms with Crippen molar-refractivity contribution in [2.75, 3.05) is 11.9 Å². The lowest BCUT2D eigenvalue weighted by atomic mass is 10.0. The predicted octanol–water partition coefficient (Wildman–Crippen LogP) is 4.11. The monoisotopic (exact) mass is 320 g/mol. The number of nitrogens with one attached hydrogen (secondary N) is 1. The highest BCUT2D eigenvalue weighted by molar-refractivity contribution is 5.54. The van der Waals surface area contributed by atoms with Gasteiger partial charge in [-0.1, -0.05) is 30.3 Å². The van der Waals surface area contributed by atoms with Crippen LogP contribution in [0.5, 0.6) is 0 Å². The summed E-state index contributed by atoms with van der Waals surface area (Å²) in [5.41, 5.74) is -0.277. The van der Waals surface area contributed by atoms with Gasteiger partial charge in [0.05, 0.1) is 23.2 Å². The van der Waals surface area contributed by atoms with Crippen LogP contribution >= 0.6 is 0 Å². The zero-order chi connectivity index (χ0) is 16.9. The number of hydrogen-bond donors (Lipinski definition) is 2. The van der Waals surface area contributed by atoms with Gasteiger partial charge in [-0.3, -0.25) is 0 Å². The Morgan fingerprint density at radius 1 is 1.13 bits per heavy atom. The first kappa shape index (κ1) is 16.8. The number of alkyl halides is 3. The summed E-state index contributed by atoms with van der Waals surface area (Å²) in [7, 11) is 0. The molecule has 0 aliphatic heterocycles. The summed E-state index contributed by atoms with van der Waals surface area (Å²) in [5.74, 6) is 0. The molecule has 0 amide bonds. The van der Waals surface area contributed by atoms with Gasteiger partial charge in [-0.25, -0.2) is 0 Å². The van der Waals surface area contributed by atoms with Crippen molar-refractivity contribution in [1.82, 2.24) is 0 Å². The molecule has 120 valence electrons. The van der Waals surface area contributed by atoms with Crippen molar-refractivity contribution in [2.45, 2.75) is 18.6 Å². The molecule has 0 aliphatic carbocycles. The quantitative estimate of drug-likeness (QED) is 0.871. The van der Waals surface area contributed by atoms with E-state index in [1.54, 1.807) is 6.07 Å². The molecule has 0 bridgehead atoms. The lowest BCUT2D eigenvalue weighted by molar-refractivity contribution is -0.137. The first-order valence-corrected chi connectivity index (χ1v) is 6.99. The molecule has 2 rings (SSSR count). The molecular weight excluding hydrogens is 305 g/mol. The fourth-order valence-electron chi connectivity index (χ4n) is 2.30. The molecule has 0 radical (unpaired) electrons. The van der Waals surface area contributed by atoms with Gasteiger partial charge in [0.15, 0.2) is 0 Å². The highest BCUT2D eigenvalue weighted by Crippen LogP contribution is 2.34. The molecule has 23 heavy (non-hydrogen) atoms. The topological polar surface area (TPSA) is 56.0 Å². The van der Waals surface area contributed by atoms with Crippen LogP contribution in [0, 0.1) is 11.3 Å². The van der Waals surface area contributed by atoms with Crippen molar-refractivity contribution in [1.29, 1.82) is 5.26 Å². The van der Waals surface area contributed by atoms with E-state index in [2.05, 4.69) is 5.32 Å². The van der Waals surface area contributed by atoms with Crippen LogP contribution in [0.15, 0.2) is 48.5 Å². The lowest BCUT2D eigenvalue weighted by Gasteiger charge is -2.20. The molecule has 0 spiro atoms. The number of hydrogen-bond acceptors (Lipinski definition) is 3. The second-order valence-electron chi connectivity index (χ2n) is 4.99. The first-order valence-electron chi connectivity index (χ1n) is 6.99. The van der Waals surface area contributed by atoms with E-state index in [-0.39, 0.29) is 18.3 Å². The zero-order valence-electron chi connectivity index (χ0n) is 12.1. The van der Waals surface area contributed by atoms with Gasteiger partial charge < -0.3 is 10.4 Å². The van der Waals surface area contributed by atoms with Crippen molar-refractivity contribution in [3.63, 3.8) is 0 Å². The Labute approximate surface area is 132 Å². The Kier molecular flexibility index (Phi) is 5.24. The smallest absolute Gasteiger partial charge is 0.396 e. The van der Waals surface area contributed by atoms with Gasteiger partial charge in [0.1, 0.15) is 0 Å². The summed E-state index contributed by atoms with van der Waals surface area (Å²) in [6, 6.07) is 13.9. The maximum absolute atomic E-state index is 13.0. The molecule has 0 saturated carbocycles. The van der Waals surface area contributed by atoms with E-state index in [1.807, 2.05) is 30.3 Å². The molecule has 0 fully saturated rings. The Hall–Kier alpha value is -2.52. The van der Waals surface area contributed by atoms with Crippen LogP contribution in [0.1, 0.15) is 29.2 Å². The molecule has 3 nitrogen and oxygen atoms in total. The highest BCUT2D eigenvalue weighted by atomic mass is 19.4. The summed E-state index contributed by atoms with van der Waals surface area (Å²) in [5, 5.41) is 21.0. The Morgan fingerprint density at radius 3 is 2.39 bits per heavy atom. The Bertz CT molecular complexity index is 693. The predicted molar refractivity (Wildman–Crippen MR) is 80.7 cm³/mol. The number of nitriles is 1. The molecule has 6 heteroatoms. The van der Waals surface area contributed by atoms with Crippen molar-refractivity contribution in [3.05, 3.63) is 65.2 Å². The summed E-state index contributed by atoms with van der Waals surface area (Å²) in [6.45, 7) is -0.102. The van der Waals surface area contributed by atoms with Crippen LogP contribution in [0.4, 0.5) is 18.9 Å². The third-order valence-electron chi connectivity index (χ3n) is 3.41. The van der Waals surface area contributed by atoms with Crippen LogP contribution in [-0.2, 0) is 6.18 Å². The normalized spacial score (nSPS) is 12.5. The summed E-state index contributed by atoms with van der Waals surface area (Å²) < 4.78 is 39.0. The molecule has 0 heterocycles. The molecule has 0 saturated heterocycles. The maximum atomic E-state index is 13.0. The molecule has 2 N–H and O–H groups in total. The van der Waals surface area contributed by atoms with Gasteiger partial charge in [0.25, 0.3) is 0 Å². The SMILES string of the molecule is N#Cc1ccc(N[C@@H](CCO)c2ccccc2)cc1C(F)(F)F. The van der Waals surface area contributed by atoms with Crippen LogP contribution in [0.2, 0.25) is 0 Å². The molecule has 0 aliphatic rings. The zero-order valence-corrected chi connectivity index (χ0v) is 12.1. The van der Waals surface area contributed by atoms with Gasteiger partial charge in [-0.15, -0.1) is 0 Å². The first-order chi connectivity index (χ1) is 11.0. The largest absolute Gasteiger partial charge is 0.417 e. The molecule has 2 aromatic carbocycles. The van der Waals surface area contributed by atoms with E-state index >= 15 is 0 Å². The number of nitrogens with zero attached hydrogens (tertiary/aromatic N) is 1. The van der Waals surface area contributed by atoms with Crippen LogP contribution in [-0.4, -0.2) is 11.7 Å². The third kappa shape index (κ3) is 4.24. The van der Waals surface area contributed by atoms with E-state index in [0.29, 0.717) is 6.42 Å². The van der Waals surface area contributed by atoms with Crippen molar-refractivity contribution in [2.24, 2.45) is 0 Å². The van der Waals surface area contributed by atoms with E-state index in [0.717, 1.165) is 17.7 Å². The van der Waals surface area contributed by atoms with E-state index in [1.165, 1.54) is 6.07 Å². The fraction of sp³-hybridized carbons (Fsp3) is 0.235. The van der Waals surface area contributed by atoms with Crippen molar-refractivity contribution < 1.29 is 18.3 Å². The number of aliphatic hydroxyl groups excluding tert-OH is 1. The van der Waals surface area contributed by atoms with E-state index in [9.17, 15) is 18.3 Å². The Balaban J connectivity index is 2.33. The Morgan fingerprint density at radius 2 is 1.83 bits per heavy atom. The van der Waals surface area contributed by atoms with Gasteiger partial charge >= 0.3 is 6.18 Å². The second kappa shape index (κ2) is 7.16. The highest BCUT2D eigenvalue weighted by Gasteiger charge is 2.34. The van der Waals surface area contributed by atoms with E-state index < -0.39 is 17.3 Å². The fourth-order valence-corrected chi connectivity index (χ4v) is 2.30. The van der Waals surface area contributed by atoms with Gasteiger partial charge in [-0.05, 0) is 30.2 Å². The van der Waals surface area contributed by atoms with Crippen LogP contribution in [0.3, 0.4) is 0 Å². The minimum absolute atomic E-state index is 0.102. The molecule has 1 atom stereocenters. The molecular formula is C17H15F3N2O. The number of rotatable bonds is 5. The average molecular weight is 320 g/mol. The third-order valence-corrected chi connectivity index (χ3v) is 3.41. The maximum Gasteiger partial charge on any atom is 0.417 e. The standard InChI is InChI=1S/C17H15F3N2O/c18-17(19,20)15-10-14(7-6-13(15)11-21)22-16(8-9-23)12-4-2-1-3-5-12/h1-7,10,16,22-23H,8-9H2/t16-/m0/s1. The lowest BCUT2D eigenvalue weighted by Crippen LogP contribution is -2.14. The van der Waals surface area contributed by atoms with Gasteiger partial charge in [0.2, 0.25) is 0 Å². The molecule has 2 aromatic rings. The summed E-state index contributed by atoms with van der Waals surface area (Å²) >= 11 is 0. The van der Waals surface area contributed by atoms with Crippen LogP contribution in [0.25, 0.3) is 0 Å². The minimum atomic E-state index is -4.60. The number of halogens is 3. The number of aliphatic hydroxyl groups is 1. The molecule has 0 aromatic heterocycles. The van der Waals surface area contributed by atoms with Crippen molar-refractivity contribution in [3.8, 4) is 6.07 Å². The summed E-state index contributed by atoms with van der Waals surface area (Å²) in [4.78, 5) is 0. The van der Waals surface area contributed by atoms with E-state index in [4.69, 9.17) is 5.26 Å². The second-order valence-corrected chi connectivity index (χ2v) is 4.99. The van der Waals surface area contributed by atoms with Gasteiger partial charge in [-0.2, -0.15) is 18.4 Å². The minimum Gasteiger partial charge on any atom is -0.396 e. The van der Waals surface area contributed by atoms with Gasteiger partial charge in [0, 0.05) is 12.3 Å². The van der Waals surface area contributed by atoms with Crippen molar-refractivity contribution >= 4 is 5.69 Å². The average Bonchev–Trinajstić information content (AvgIpc) is 2.54. The van der Waals surface area contributed by atoms with Crippen LogP contribution < -0.4 is 5.32 Å².